The predicted molar refractivity (Wildman–Crippen MR) is 136 cm³/mol. The van der Waals surface area contributed by atoms with Crippen molar-refractivity contribution in [3.8, 4) is 0 Å². The average Bonchev–Trinajstić information content (AvgIpc) is 3.07. The Kier molecular flexibility index (Phi) is 6.90. The third kappa shape index (κ3) is 5.24. The van der Waals surface area contributed by atoms with Crippen molar-refractivity contribution in [3.63, 3.8) is 0 Å². The minimum absolute atomic E-state index is 0.155. The molecule has 34 heavy (non-hydrogen) atoms. The fraction of sp³-hybridized carbons (Fsp3) is 0.200. The molecule has 0 radical (unpaired) electrons. The van der Waals surface area contributed by atoms with E-state index in [0.29, 0.717) is 22.8 Å². The number of benzene rings is 3. The second-order valence-electron chi connectivity index (χ2n) is 8.29. The molecule has 1 atom stereocenters. The van der Waals surface area contributed by atoms with Crippen LogP contribution in [0.15, 0.2) is 82.7 Å². The van der Waals surface area contributed by atoms with Crippen LogP contribution in [-0.4, -0.2) is 26.2 Å². The van der Waals surface area contributed by atoms with Gasteiger partial charge in [-0.3, -0.25) is 14.5 Å². The van der Waals surface area contributed by atoms with Crippen LogP contribution in [0.4, 0.5) is 11.4 Å². The lowest BCUT2D eigenvalue weighted by molar-refractivity contribution is -0.118. The van der Waals surface area contributed by atoms with Crippen LogP contribution in [0.2, 0.25) is 5.02 Å². The van der Waals surface area contributed by atoms with E-state index >= 15 is 0 Å². The van der Waals surface area contributed by atoms with E-state index in [2.05, 4.69) is 20.3 Å². The van der Waals surface area contributed by atoms with Crippen LogP contribution in [0.3, 0.4) is 0 Å². The van der Waals surface area contributed by atoms with Gasteiger partial charge in [-0.1, -0.05) is 67.9 Å². The standard InChI is InChI=1S/C25H25ClN4O3S/c1-16(2)23(29-24-19-10-6-7-11-22(19)34(32,33)30-24)25(31)28-18-12-13-21(20(26)14-18)27-15-17-8-4-3-5-9-17/h3-14,16,23,27H,15H2,1-2H3,(H,28,31)(H,29,30)/t23-/m0/s1. The zero-order valence-corrected chi connectivity index (χ0v) is 20.3. The van der Waals surface area contributed by atoms with Gasteiger partial charge in [0, 0.05) is 17.8 Å². The maximum Gasteiger partial charge on any atom is 0.263 e. The molecule has 0 bridgehead atoms. The first kappa shape index (κ1) is 23.8. The number of amides is 1. The lowest BCUT2D eigenvalue weighted by Crippen LogP contribution is -2.34. The second kappa shape index (κ2) is 9.87. The third-order valence-corrected chi connectivity index (χ3v) is 7.10. The normalized spacial score (nSPS) is 16.1. The molecule has 3 aromatic rings. The van der Waals surface area contributed by atoms with Gasteiger partial charge in [0.25, 0.3) is 10.0 Å². The molecule has 0 aliphatic carbocycles. The maximum atomic E-state index is 13.1. The Morgan fingerprint density at radius 2 is 1.74 bits per heavy atom. The molecule has 1 heterocycles. The van der Waals surface area contributed by atoms with E-state index in [1.807, 2.05) is 44.2 Å². The molecular formula is C25H25ClN4O3S. The number of amidine groups is 1. The molecule has 3 aromatic carbocycles. The van der Waals surface area contributed by atoms with E-state index < -0.39 is 16.1 Å². The molecule has 0 fully saturated rings. The van der Waals surface area contributed by atoms with Gasteiger partial charge in [0.15, 0.2) is 0 Å². The summed E-state index contributed by atoms with van der Waals surface area (Å²) >= 11 is 6.43. The number of nitrogens with zero attached hydrogens (tertiary/aromatic N) is 1. The van der Waals surface area contributed by atoms with Gasteiger partial charge in [0.2, 0.25) is 5.91 Å². The van der Waals surface area contributed by atoms with Crippen LogP contribution in [0, 0.1) is 5.92 Å². The number of hydrogen-bond acceptors (Lipinski definition) is 5. The van der Waals surface area contributed by atoms with E-state index in [-0.39, 0.29) is 22.6 Å². The molecule has 0 saturated carbocycles. The van der Waals surface area contributed by atoms with Gasteiger partial charge in [-0.25, -0.2) is 8.42 Å². The highest BCUT2D eigenvalue weighted by Crippen LogP contribution is 2.27. The number of hydrogen-bond donors (Lipinski definition) is 3. The third-order valence-electron chi connectivity index (χ3n) is 5.39. The maximum absolute atomic E-state index is 13.1. The summed E-state index contributed by atoms with van der Waals surface area (Å²) in [5, 5.41) is 6.60. The zero-order valence-electron chi connectivity index (χ0n) is 18.7. The summed E-state index contributed by atoms with van der Waals surface area (Å²) in [7, 11) is -3.68. The molecule has 0 unspecified atom stereocenters. The highest BCUT2D eigenvalue weighted by atomic mass is 35.5. The van der Waals surface area contributed by atoms with Gasteiger partial charge in [-0.2, -0.15) is 0 Å². The molecule has 1 aliphatic heterocycles. The van der Waals surface area contributed by atoms with Crippen molar-refractivity contribution < 1.29 is 13.2 Å². The monoisotopic (exact) mass is 496 g/mol. The number of aliphatic imine (C=N–C) groups is 1. The van der Waals surface area contributed by atoms with Gasteiger partial charge < -0.3 is 10.6 Å². The van der Waals surface area contributed by atoms with Gasteiger partial charge in [-0.05, 0) is 41.8 Å². The van der Waals surface area contributed by atoms with E-state index in [0.717, 1.165) is 11.3 Å². The summed E-state index contributed by atoms with van der Waals surface area (Å²) in [6.45, 7) is 4.33. The number of rotatable bonds is 7. The summed E-state index contributed by atoms with van der Waals surface area (Å²) in [5.74, 6) is -0.359. The Morgan fingerprint density at radius 3 is 2.44 bits per heavy atom. The topological polar surface area (TPSA) is 99.7 Å². The first-order chi connectivity index (χ1) is 16.2. The molecule has 1 amide bonds. The van der Waals surface area contributed by atoms with E-state index in [1.165, 1.54) is 6.07 Å². The van der Waals surface area contributed by atoms with Crippen molar-refractivity contribution in [2.45, 2.75) is 31.3 Å². The highest BCUT2D eigenvalue weighted by molar-refractivity contribution is 7.90. The van der Waals surface area contributed by atoms with Crippen molar-refractivity contribution in [1.29, 1.82) is 0 Å². The molecule has 1 aliphatic rings. The summed E-state index contributed by atoms with van der Waals surface area (Å²) in [6.07, 6.45) is 0. The number of fused-ring (bicyclic) bond motifs is 1. The van der Waals surface area contributed by atoms with Crippen LogP contribution < -0.4 is 15.4 Å². The Bertz CT molecular complexity index is 1340. The van der Waals surface area contributed by atoms with Gasteiger partial charge in [0.05, 0.1) is 15.6 Å². The van der Waals surface area contributed by atoms with Crippen molar-refractivity contribution in [2.75, 3.05) is 10.6 Å². The Balaban J connectivity index is 1.49. The smallest absolute Gasteiger partial charge is 0.263 e. The van der Waals surface area contributed by atoms with Gasteiger partial charge in [0.1, 0.15) is 11.9 Å². The molecule has 7 nitrogen and oxygen atoms in total. The highest BCUT2D eigenvalue weighted by Gasteiger charge is 2.32. The van der Waals surface area contributed by atoms with Crippen LogP contribution in [0.25, 0.3) is 0 Å². The number of sulfonamides is 1. The fourth-order valence-corrected chi connectivity index (χ4v) is 5.11. The molecule has 4 rings (SSSR count). The summed E-state index contributed by atoms with van der Waals surface area (Å²) in [4.78, 5) is 17.7. The van der Waals surface area contributed by atoms with Gasteiger partial charge in [-0.15, -0.1) is 0 Å². The Morgan fingerprint density at radius 1 is 1.03 bits per heavy atom. The second-order valence-corrected chi connectivity index (χ2v) is 10.3. The molecule has 0 spiro atoms. The van der Waals surface area contributed by atoms with Crippen molar-refractivity contribution in [2.24, 2.45) is 10.9 Å². The van der Waals surface area contributed by atoms with E-state index in [4.69, 9.17) is 11.6 Å². The van der Waals surface area contributed by atoms with Crippen LogP contribution >= 0.6 is 11.6 Å². The first-order valence-electron chi connectivity index (χ1n) is 10.8. The van der Waals surface area contributed by atoms with Crippen molar-refractivity contribution in [3.05, 3.63) is 88.9 Å². The minimum atomic E-state index is -3.68. The molecule has 9 heteroatoms. The number of halogens is 1. The SMILES string of the molecule is CC(C)[C@H](N=C1NS(=O)(=O)c2ccccc21)C(=O)Nc1ccc(NCc2ccccc2)c(Cl)c1. The average molecular weight is 497 g/mol. The lowest BCUT2D eigenvalue weighted by Gasteiger charge is -2.18. The summed E-state index contributed by atoms with van der Waals surface area (Å²) in [5.41, 5.74) is 2.86. The Labute approximate surface area is 204 Å². The van der Waals surface area contributed by atoms with Crippen molar-refractivity contribution in [1.82, 2.24) is 4.72 Å². The number of anilines is 2. The minimum Gasteiger partial charge on any atom is -0.380 e. The van der Waals surface area contributed by atoms with Crippen LogP contribution in [-0.2, 0) is 21.4 Å². The first-order valence-corrected chi connectivity index (χ1v) is 12.7. The summed E-state index contributed by atoms with van der Waals surface area (Å²) < 4.78 is 27.2. The van der Waals surface area contributed by atoms with E-state index in [9.17, 15) is 13.2 Å². The number of carbonyl (C=O) groups is 1. The zero-order chi connectivity index (χ0) is 24.3. The van der Waals surface area contributed by atoms with Gasteiger partial charge >= 0.3 is 0 Å². The van der Waals surface area contributed by atoms with Crippen LogP contribution in [0.1, 0.15) is 25.0 Å². The summed E-state index contributed by atoms with van der Waals surface area (Å²) in [6, 6.07) is 20.9. The quantitative estimate of drug-likeness (QED) is 0.443. The Hall–Kier alpha value is -3.36. The fourth-order valence-electron chi connectivity index (χ4n) is 3.62. The molecule has 3 N–H and O–H groups in total. The number of nitrogens with one attached hydrogen (secondary N) is 3. The largest absolute Gasteiger partial charge is 0.380 e. The molecule has 0 aromatic heterocycles. The molecular weight excluding hydrogens is 472 g/mol. The van der Waals surface area contributed by atoms with Crippen LogP contribution in [0.5, 0.6) is 0 Å². The predicted octanol–water partition coefficient (Wildman–Crippen LogP) is 4.65. The van der Waals surface area contributed by atoms with Crippen molar-refractivity contribution >= 4 is 44.7 Å². The number of carbonyl (C=O) groups excluding carboxylic acids is 1. The lowest BCUT2D eigenvalue weighted by atomic mass is 10.0. The molecule has 176 valence electrons. The molecule has 0 saturated heterocycles. The van der Waals surface area contributed by atoms with E-state index in [1.54, 1.807) is 36.4 Å².